The summed E-state index contributed by atoms with van der Waals surface area (Å²) in [5, 5.41) is 3.50. The van der Waals surface area contributed by atoms with Crippen LogP contribution in [0.15, 0.2) is 18.2 Å². The molecule has 0 aliphatic heterocycles. The predicted octanol–water partition coefficient (Wildman–Crippen LogP) is 4.07. The van der Waals surface area contributed by atoms with E-state index in [-0.39, 0.29) is 17.0 Å². The largest absolute Gasteiger partial charge is 0.314 e. The summed E-state index contributed by atoms with van der Waals surface area (Å²) in [4.78, 5) is 0. The summed E-state index contributed by atoms with van der Waals surface area (Å²) in [6, 6.07) is 4.43. The fourth-order valence-electron chi connectivity index (χ4n) is 2.24. The smallest absolute Gasteiger partial charge is 0.126 e. The molecule has 2 rings (SSSR count). The van der Waals surface area contributed by atoms with E-state index in [1.54, 1.807) is 0 Å². The Labute approximate surface area is 114 Å². The van der Waals surface area contributed by atoms with Crippen LogP contribution in [0.1, 0.15) is 45.1 Å². The van der Waals surface area contributed by atoms with Crippen LogP contribution in [0.25, 0.3) is 0 Å². The van der Waals surface area contributed by atoms with Crippen molar-refractivity contribution in [1.29, 1.82) is 0 Å². The van der Waals surface area contributed by atoms with Gasteiger partial charge in [0.15, 0.2) is 0 Å². The molecule has 0 spiro atoms. The molecule has 1 saturated carbocycles. The molecule has 1 aromatic carbocycles. The van der Waals surface area contributed by atoms with Crippen molar-refractivity contribution in [2.45, 2.75) is 52.0 Å². The van der Waals surface area contributed by atoms with Crippen molar-refractivity contribution in [3.63, 3.8) is 0 Å². The van der Waals surface area contributed by atoms with Gasteiger partial charge in [0.1, 0.15) is 11.6 Å². The van der Waals surface area contributed by atoms with Gasteiger partial charge in [-0.15, -0.1) is 0 Å². The van der Waals surface area contributed by atoms with Crippen LogP contribution in [0.2, 0.25) is 0 Å². The monoisotopic (exact) mass is 267 g/mol. The van der Waals surface area contributed by atoms with Crippen LogP contribution in [0.4, 0.5) is 8.78 Å². The Morgan fingerprint density at radius 1 is 1.21 bits per heavy atom. The lowest BCUT2D eigenvalue weighted by Gasteiger charge is -2.25. The van der Waals surface area contributed by atoms with Crippen LogP contribution in [-0.4, -0.2) is 12.6 Å². The molecule has 1 fully saturated rings. The van der Waals surface area contributed by atoms with Crippen LogP contribution in [0.3, 0.4) is 0 Å². The first-order valence-corrected chi connectivity index (χ1v) is 7.14. The Balaban J connectivity index is 1.79. The minimum atomic E-state index is -0.357. The zero-order valence-corrected chi connectivity index (χ0v) is 11.8. The van der Waals surface area contributed by atoms with E-state index in [0.717, 1.165) is 25.4 Å². The molecule has 0 bridgehead atoms. The van der Waals surface area contributed by atoms with Gasteiger partial charge in [-0.3, -0.25) is 0 Å². The van der Waals surface area contributed by atoms with Gasteiger partial charge in [-0.1, -0.05) is 13.8 Å². The Morgan fingerprint density at radius 3 is 2.63 bits per heavy atom. The molecule has 1 N–H and O–H groups in total. The molecule has 0 heterocycles. The Kier molecular flexibility index (Phi) is 4.56. The van der Waals surface area contributed by atoms with Gasteiger partial charge in [-0.05, 0) is 67.8 Å². The maximum Gasteiger partial charge on any atom is 0.126 e. The molecule has 3 heteroatoms. The summed E-state index contributed by atoms with van der Waals surface area (Å²) >= 11 is 0. The highest BCUT2D eigenvalue weighted by molar-refractivity contribution is 5.19. The molecular weight excluding hydrogens is 244 g/mol. The molecule has 1 aromatic rings. The summed E-state index contributed by atoms with van der Waals surface area (Å²) in [6.07, 6.45) is 5.14. The zero-order chi connectivity index (χ0) is 13.9. The van der Waals surface area contributed by atoms with E-state index in [0.29, 0.717) is 12.0 Å². The van der Waals surface area contributed by atoms with Crippen LogP contribution >= 0.6 is 0 Å². The van der Waals surface area contributed by atoms with Crippen molar-refractivity contribution in [2.24, 2.45) is 5.41 Å². The van der Waals surface area contributed by atoms with Crippen molar-refractivity contribution in [2.75, 3.05) is 6.54 Å². The molecule has 1 aliphatic carbocycles. The molecule has 0 radical (unpaired) electrons. The van der Waals surface area contributed by atoms with Crippen molar-refractivity contribution in [1.82, 2.24) is 5.32 Å². The summed E-state index contributed by atoms with van der Waals surface area (Å²) in [6.45, 7) is 5.40. The number of hydrogen-bond acceptors (Lipinski definition) is 1. The SMILES string of the molecule is CC(C)(CCNC1CC1)CCc1cc(F)ccc1F. The number of benzene rings is 1. The van der Waals surface area contributed by atoms with E-state index in [9.17, 15) is 8.78 Å². The average molecular weight is 267 g/mol. The Bertz CT molecular complexity index is 425. The fraction of sp³-hybridized carbons (Fsp3) is 0.625. The van der Waals surface area contributed by atoms with Crippen LogP contribution in [-0.2, 0) is 6.42 Å². The van der Waals surface area contributed by atoms with Gasteiger partial charge in [0, 0.05) is 6.04 Å². The number of nitrogens with one attached hydrogen (secondary N) is 1. The first-order valence-electron chi connectivity index (χ1n) is 7.14. The van der Waals surface area contributed by atoms with E-state index in [2.05, 4.69) is 19.2 Å². The highest BCUT2D eigenvalue weighted by atomic mass is 19.1. The van der Waals surface area contributed by atoms with Gasteiger partial charge >= 0.3 is 0 Å². The highest BCUT2D eigenvalue weighted by Gasteiger charge is 2.23. The van der Waals surface area contributed by atoms with E-state index >= 15 is 0 Å². The quantitative estimate of drug-likeness (QED) is 0.785. The Morgan fingerprint density at radius 2 is 1.95 bits per heavy atom. The molecule has 0 amide bonds. The second-order valence-corrected chi connectivity index (χ2v) is 6.38. The fourth-order valence-corrected chi connectivity index (χ4v) is 2.24. The van der Waals surface area contributed by atoms with E-state index in [4.69, 9.17) is 0 Å². The molecule has 0 aromatic heterocycles. The minimum absolute atomic E-state index is 0.153. The van der Waals surface area contributed by atoms with Crippen LogP contribution in [0, 0.1) is 17.0 Å². The van der Waals surface area contributed by atoms with Gasteiger partial charge in [-0.2, -0.15) is 0 Å². The van der Waals surface area contributed by atoms with E-state index in [1.165, 1.54) is 31.0 Å². The minimum Gasteiger partial charge on any atom is -0.314 e. The van der Waals surface area contributed by atoms with Crippen molar-refractivity contribution in [3.8, 4) is 0 Å². The third kappa shape index (κ3) is 4.90. The molecular formula is C16H23F2N. The summed E-state index contributed by atoms with van der Waals surface area (Å²) < 4.78 is 26.6. The first-order chi connectivity index (χ1) is 8.96. The van der Waals surface area contributed by atoms with Gasteiger partial charge in [0.05, 0.1) is 0 Å². The number of aryl methyl sites for hydroxylation is 1. The number of halogens is 2. The molecule has 19 heavy (non-hydrogen) atoms. The topological polar surface area (TPSA) is 12.0 Å². The summed E-state index contributed by atoms with van der Waals surface area (Å²) in [7, 11) is 0. The average Bonchev–Trinajstić information content (AvgIpc) is 3.14. The summed E-state index contributed by atoms with van der Waals surface area (Å²) in [5.41, 5.74) is 0.643. The molecule has 0 unspecified atom stereocenters. The molecule has 1 aliphatic rings. The normalized spacial score (nSPS) is 15.8. The van der Waals surface area contributed by atoms with Gasteiger partial charge in [0.25, 0.3) is 0 Å². The predicted molar refractivity (Wildman–Crippen MR) is 74.1 cm³/mol. The van der Waals surface area contributed by atoms with Gasteiger partial charge in [0.2, 0.25) is 0 Å². The maximum absolute atomic E-state index is 13.5. The standard InChI is InChI=1S/C16H23F2N/c1-16(2,9-10-19-14-4-5-14)8-7-12-11-13(17)3-6-15(12)18/h3,6,11,14,19H,4-5,7-10H2,1-2H3. The summed E-state index contributed by atoms with van der Waals surface area (Å²) in [5.74, 6) is -0.655. The number of rotatable bonds is 7. The molecule has 1 nitrogen and oxygen atoms in total. The lowest BCUT2D eigenvalue weighted by Crippen LogP contribution is -2.24. The molecule has 106 valence electrons. The lowest BCUT2D eigenvalue weighted by atomic mass is 9.83. The highest BCUT2D eigenvalue weighted by Crippen LogP contribution is 2.28. The third-order valence-electron chi connectivity index (χ3n) is 3.89. The molecule has 0 atom stereocenters. The maximum atomic E-state index is 13.5. The lowest BCUT2D eigenvalue weighted by molar-refractivity contribution is 0.300. The second-order valence-electron chi connectivity index (χ2n) is 6.38. The van der Waals surface area contributed by atoms with Gasteiger partial charge in [-0.25, -0.2) is 8.78 Å². The number of hydrogen-bond donors (Lipinski definition) is 1. The van der Waals surface area contributed by atoms with Crippen molar-refractivity contribution in [3.05, 3.63) is 35.4 Å². The molecule has 0 saturated heterocycles. The van der Waals surface area contributed by atoms with E-state index in [1.807, 2.05) is 0 Å². The first kappa shape index (κ1) is 14.4. The van der Waals surface area contributed by atoms with Crippen molar-refractivity contribution >= 4 is 0 Å². The third-order valence-corrected chi connectivity index (χ3v) is 3.89. The van der Waals surface area contributed by atoms with Gasteiger partial charge < -0.3 is 5.32 Å². The zero-order valence-electron chi connectivity index (χ0n) is 11.8. The van der Waals surface area contributed by atoms with Crippen LogP contribution < -0.4 is 5.32 Å². The van der Waals surface area contributed by atoms with Crippen molar-refractivity contribution < 1.29 is 8.78 Å². The van der Waals surface area contributed by atoms with Crippen LogP contribution in [0.5, 0.6) is 0 Å². The van der Waals surface area contributed by atoms with E-state index < -0.39 is 0 Å². The Hall–Kier alpha value is -0.960. The second kappa shape index (κ2) is 6.00.